The minimum Gasteiger partial charge on any atom is -0.480 e. The topological polar surface area (TPSA) is 128 Å². The molecule has 0 aliphatic carbocycles. The molecular weight excluding hydrogens is 456 g/mol. The van der Waals surface area contributed by atoms with Gasteiger partial charge in [-0.05, 0) is 43.3 Å². The molecule has 2 heterocycles. The molecule has 0 unspecified atom stereocenters. The van der Waals surface area contributed by atoms with E-state index in [1.54, 1.807) is 60.8 Å². The normalized spacial score (nSPS) is 11.0. The Balaban J connectivity index is 1.50. The standard InChI is InChI=1S/C23H22N6O4S/c1-15-4-10-18(11-5-15)34(30,31)29-17-8-6-16(7-9-17)27-21-12-20(25-14-26-21)19-13-24-23(33-3)28-22(19)32-2/h4-14,29H,1-3H3,(H,25,26,27). The van der Waals surface area contributed by atoms with E-state index in [9.17, 15) is 8.42 Å². The summed E-state index contributed by atoms with van der Waals surface area (Å²) in [5, 5.41) is 3.17. The molecule has 0 atom stereocenters. The Labute approximate surface area is 197 Å². The molecule has 0 saturated heterocycles. The van der Waals surface area contributed by atoms with Gasteiger partial charge in [-0.2, -0.15) is 4.98 Å². The van der Waals surface area contributed by atoms with Crippen molar-refractivity contribution in [2.75, 3.05) is 24.3 Å². The average molecular weight is 479 g/mol. The van der Waals surface area contributed by atoms with Crippen molar-refractivity contribution >= 4 is 27.2 Å². The fourth-order valence-electron chi connectivity index (χ4n) is 3.05. The number of sulfonamides is 1. The lowest BCUT2D eigenvalue weighted by atomic mass is 10.2. The first kappa shape index (κ1) is 22.9. The number of nitrogens with zero attached hydrogens (tertiary/aromatic N) is 4. The Kier molecular flexibility index (Phi) is 6.55. The lowest BCUT2D eigenvalue weighted by Gasteiger charge is -2.11. The summed E-state index contributed by atoms with van der Waals surface area (Å²) in [5.74, 6) is 0.845. The van der Waals surface area contributed by atoms with Gasteiger partial charge in [0.1, 0.15) is 12.1 Å². The minimum atomic E-state index is -3.67. The molecule has 0 spiro atoms. The number of aromatic nitrogens is 4. The first-order valence-corrected chi connectivity index (χ1v) is 11.6. The van der Waals surface area contributed by atoms with E-state index in [0.717, 1.165) is 5.56 Å². The van der Waals surface area contributed by atoms with Gasteiger partial charge in [0.15, 0.2) is 0 Å². The molecule has 4 rings (SSSR count). The molecule has 174 valence electrons. The molecule has 2 aromatic heterocycles. The number of ether oxygens (including phenoxy) is 2. The second-order valence-electron chi connectivity index (χ2n) is 7.19. The van der Waals surface area contributed by atoms with E-state index < -0.39 is 10.0 Å². The van der Waals surface area contributed by atoms with Crippen LogP contribution in [-0.4, -0.2) is 42.6 Å². The first-order chi connectivity index (χ1) is 16.4. The van der Waals surface area contributed by atoms with Crippen LogP contribution in [0.5, 0.6) is 11.9 Å². The Bertz CT molecular complexity index is 1390. The number of benzene rings is 2. The summed E-state index contributed by atoms with van der Waals surface area (Å²) in [4.78, 5) is 17.0. The highest BCUT2D eigenvalue weighted by atomic mass is 32.2. The van der Waals surface area contributed by atoms with E-state index in [0.29, 0.717) is 34.3 Å². The highest BCUT2D eigenvalue weighted by molar-refractivity contribution is 7.92. The minimum absolute atomic E-state index is 0.186. The lowest BCUT2D eigenvalue weighted by Crippen LogP contribution is -2.12. The van der Waals surface area contributed by atoms with Gasteiger partial charge in [-0.3, -0.25) is 4.72 Å². The van der Waals surface area contributed by atoms with Gasteiger partial charge in [0, 0.05) is 23.6 Å². The number of anilines is 3. The van der Waals surface area contributed by atoms with Gasteiger partial charge in [-0.25, -0.2) is 23.4 Å². The Morgan fingerprint density at radius 2 is 1.56 bits per heavy atom. The summed E-state index contributed by atoms with van der Waals surface area (Å²) >= 11 is 0. The van der Waals surface area contributed by atoms with Gasteiger partial charge in [0.05, 0.1) is 30.4 Å². The molecule has 2 N–H and O–H groups in total. The molecule has 0 aliphatic rings. The van der Waals surface area contributed by atoms with Crippen LogP contribution in [0, 0.1) is 6.92 Å². The maximum absolute atomic E-state index is 12.6. The van der Waals surface area contributed by atoms with Crippen molar-refractivity contribution in [1.29, 1.82) is 0 Å². The summed E-state index contributed by atoms with van der Waals surface area (Å²) in [7, 11) is -0.701. The molecule has 10 nitrogen and oxygen atoms in total. The van der Waals surface area contributed by atoms with Gasteiger partial charge in [-0.1, -0.05) is 17.7 Å². The van der Waals surface area contributed by atoms with E-state index >= 15 is 0 Å². The zero-order valence-corrected chi connectivity index (χ0v) is 19.5. The maximum atomic E-state index is 12.6. The van der Waals surface area contributed by atoms with E-state index in [-0.39, 0.29) is 10.9 Å². The predicted molar refractivity (Wildman–Crippen MR) is 128 cm³/mol. The summed E-state index contributed by atoms with van der Waals surface area (Å²) in [5.41, 5.74) is 3.27. The van der Waals surface area contributed by atoms with E-state index in [1.807, 2.05) is 6.92 Å². The molecule has 0 saturated carbocycles. The summed E-state index contributed by atoms with van der Waals surface area (Å²) in [6.45, 7) is 1.90. The highest BCUT2D eigenvalue weighted by Crippen LogP contribution is 2.29. The number of rotatable bonds is 8. The van der Waals surface area contributed by atoms with E-state index in [2.05, 4.69) is 30.0 Å². The van der Waals surface area contributed by atoms with Crippen LogP contribution >= 0.6 is 0 Å². The third kappa shape index (κ3) is 5.21. The van der Waals surface area contributed by atoms with Crippen LogP contribution in [0.1, 0.15) is 5.56 Å². The van der Waals surface area contributed by atoms with E-state index in [1.165, 1.54) is 20.5 Å². The van der Waals surface area contributed by atoms with Crippen molar-refractivity contribution in [2.45, 2.75) is 11.8 Å². The van der Waals surface area contributed by atoms with Crippen LogP contribution in [-0.2, 0) is 10.0 Å². The summed E-state index contributed by atoms with van der Waals surface area (Å²) in [6, 6.07) is 15.4. The van der Waals surface area contributed by atoms with Gasteiger partial charge in [0.2, 0.25) is 5.88 Å². The second kappa shape index (κ2) is 9.71. The Hall–Kier alpha value is -4.25. The molecule has 0 aliphatic heterocycles. The molecule has 11 heteroatoms. The highest BCUT2D eigenvalue weighted by Gasteiger charge is 2.15. The van der Waals surface area contributed by atoms with Gasteiger partial charge in [0.25, 0.3) is 10.0 Å². The molecule has 4 aromatic rings. The Morgan fingerprint density at radius 1 is 0.853 bits per heavy atom. The number of methoxy groups -OCH3 is 2. The number of aryl methyl sites for hydroxylation is 1. The van der Waals surface area contributed by atoms with E-state index in [4.69, 9.17) is 9.47 Å². The molecule has 2 aromatic carbocycles. The van der Waals surface area contributed by atoms with Crippen LogP contribution in [0.25, 0.3) is 11.3 Å². The van der Waals surface area contributed by atoms with Crippen LogP contribution < -0.4 is 19.5 Å². The fraction of sp³-hybridized carbons (Fsp3) is 0.130. The average Bonchev–Trinajstić information content (AvgIpc) is 2.85. The van der Waals surface area contributed by atoms with Crippen molar-refractivity contribution in [3.8, 4) is 23.1 Å². The zero-order valence-electron chi connectivity index (χ0n) is 18.7. The SMILES string of the molecule is COc1ncc(-c2cc(Nc3ccc(NS(=O)(=O)c4ccc(C)cc4)cc3)ncn2)c(OC)n1. The molecule has 0 fully saturated rings. The van der Waals surface area contributed by atoms with Gasteiger partial charge >= 0.3 is 6.01 Å². The monoisotopic (exact) mass is 478 g/mol. The van der Waals surface area contributed by atoms with Crippen molar-refractivity contribution in [1.82, 2.24) is 19.9 Å². The zero-order chi connectivity index (χ0) is 24.1. The summed E-state index contributed by atoms with van der Waals surface area (Å²) in [6.07, 6.45) is 2.97. The first-order valence-electron chi connectivity index (χ1n) is 10.1. The van der Waals surface area contributed by atoms with Crippen LogP contribution in [0.15, 0.2) is 72.0 Å². The predicted octanol–water partition coefficient (Wildman–Crippen LogP) is 3.80. The largest absolute Gasteiger partial charge is 0.480 e. The Morgan fingerprint density at radius 3 is 2.24 bits per heavy atom. The molecule has 0 radical (unpaired) electrons. The molecule has 0 bridgehead atoms. The third-order valence-electron chi connectivity index (χ3n) is 4.79. The molecule has 34 heavy (non-hydrogen) atoms. The molecule has 0 amide bonds. The van der Waals surface area contributed by atoms with Crippen LogP contribution in [0.2, 0.25) is 0 Å². The van der Waals surface area contributed by atoms with Crippen LogP contribution in [0.4, 0.5) is 17.2 Å². The number of hydrogen-bond donors (Lipinski definition) is 2. The van der Waals surface area contributed by atoms with Crippen LogP contribution in [0.3, 0.4) is 0 Å². The van der Waals surface area contributed by atoms with Gasteiger partial charge in [-0.15, -0.1) is 0 Å². The molecular formula is C23H22N6O4S. The fourth-order valence-corrected chi connectivity index (χ4v) is 4.11. The van der Waals surface area contributed by atoms with Crippen molar-refractivity contribution in [3.63, 3.8) is 0 Å². The summed E-state index contributed by atoms with van der Waals surface area (Å²) < 4.78 is 38.1. The quantitative estimate of drug-likeness (QED) is 0.388. The maximum Gasteiger partial charge on any atom is 0.319 e. The van der Waals surface area contributed by atoms with Gasteiger partial charge < -0.3 is 14.8 Å². The third-order valence-corrected chi connectivity index (χ3v) is 6.19. The smallest absolute Gasteiger partial charge is 0.319 e. The second-order valence-corrected chi connectivity index (χ2v) is 8.87. The van der Waals surface area contributed by atoms with Crippen molar-refractivity contribution < 1.29 is 17.9 Å². The number of hydrogen-bond acceptors (Lipinski definition) is 9. The van der Waals surface area contributed by atoms with Crippen molar-refractivity contribution in [2.24, 2.45) is 0 Å². The lowest BCUT2D eigenvalue weighted by molar-refractivity contribution is 0.353. The van der Waals surface area contributed by atoms with Crippen molar-refractivity contribution in [3.05, 3.63) is 72.7 Å². The number of nitrogens with one attached hydrogen (secondary N) is 2.